The molecule has 0 saturated heterocycles. The van der Waals surface area contributed by atoms with Gasteiger partial charge in [0, 0.05) is 5.56 Å². The minimum Gasteiger partial charge on any atom is -0.497 e. The zero-order valence-electron chi connectivity index (χ0n) is 21.7. The fourth-order valence-electron chi connectivity index (χ4n) is 3.33. The van der Waals surface area contributed by atoms with Crippen LogP contribution in [0.25, 0.3) is 0 Å². The maximum Gasteiger partial charge on any atom is 0.349 e. The van der Waals surface area contributed by atoms with Crippen LogP contribution >= 0.6 is 0 Å². The number of aliphatic carboxylic acids is 1. The molecule has 3 N–H and O–H groups in total. The first-order valence-corrected chi connectivity index (χ1v) is 11.7. The lowest BCUT2D eigenvalue weighted by atomic mass is 10.1. The third kappa shape index (κ3) is 7.57. The fraction of sp³-hybridized carbons (Fsp3) is 0.179. The fourth-order valence-corrected chi connectivity index (χ4v) is 3.33. The predicted octanol–water partition coefficient (Wildman–Crippen LogP) is 2.31. The van der Waals surface area contributed by atoms with E-state index in [-0.39, 0.29) is 16.7 Å². The van der Waals surface area contributed by atoms with Gasteiger partial charge in [0.2, 0.25) is 12.2 Å². The molecule has 0 spiro atoms. The molecule has 0 fully saturated rings. The summed E-state index contributed by atoms with van der Waals surface area (Å²) in [7, 11) is 2.74. The van der Waals surface area contributed by atoms with Crippen LogP contribution < -0.4 is 20.3 Å². The van der Waals surface area contributed by atoms with Gasteiger partial charge < -0.3 is 24.1 Å². The molecule has 0 aliphatic heterocycles. The Labute approximate surface area is 228 Å². The summed E-state index contributed by atoms with van der Waals surface area (Å²) in [5.74, 6) is -5.47. The number of hydrogen-bond donors (Lipinski definition) is 3. The molecular weight excluding hydrogens is 524 g/mol. The summed E-state index contributed by atoms with van der Waals surface area (Å²) >= 11 is 0. The highest BCUT2D eigenvalue weighted by Crippen LogP contribution is 2.18. The van der Waals surface area contributed by atoms with E-state index in [2.05, 4.69) is 5.43 Å². The molecule has 0 unspecified atom stereocenters. The number of amides is 2. The minimum atomic E-state index is -2.30. The Balaban J connectivity index is 1.87. The van der Waals surface area contributed by atoms with Crippen LogP contribution in [-0.4, -0.2) is 61.3 Å². The average Bonchev–Trinajstić information content (AvgIpc) is 2.97. The Kier molecular flexibility index (Phi) is 9.79. The van der Waals surface area contributed by atoms with Crippen molar-refractivity contribution in [1.29, 1.82) is 0 Å². The molecule has 0 bridgehead atoms. The molecule has 3 rings (SSSR count). The number of hydrazine groups is 1. The number of methoxy groups -OCH3 is 2. The molecule has 0 aliphatic carbocycles. The van der Waals surface area contributed by atoms with E-state index in [9.17, 15) is 29.1 Å². The number of carboxylic acids is 1. The van der Waals surface area contributed by atoms with Crippen molar-refractivity contribution in [2.24, 2.45) is 0 Å². The Morgan fingerprint density at radius 2 is 1.18 bits per heavy atom. The number of carbonyl (C=O) groups excluding carboxylic acids is 4. The smallest absolute Gasteiger partial charge is 0.349 e. The second-order valence-electron chi connectivity index (χ2n) is 8.26. The number of ether oxygens (including phenoxy) is 4. The largest absolute Gasteiger partial charge is 0.497 e. The number of rotatable bonds is 10. The predicted molar refractivity (Wildman–Crippen MR) is 139 cm³/mol. The third-order valence-electron chi connectivity index (χ3n) is 5.47. The van der Waals surface area contributed by atoms with Crippen molar-refractivity contribution in [3.05, 3.63) is 95.1 Å². The van der Waals surface area contributed by atoms with Crippen LogP contribution in [-0.2, 0) is 19.1 Å². The summed E-state index contributed by atoms with van der Waals surface area (Å²) in [4.78, 5) is 63.4. The highest BCUT2D eigenvalue weighted by Gasteiger charge is 2.41. The van der Waals surface area contributed by atoms with Crippen LogP contribution in [0.1, 0.15) is 36.6 Å². The molecule has 2 amide bonds. The standard InChI is InChI=1S/C28H26N2O10/c1-16-10-12-17(13-11-16)24(31)29-30-25(32)22(39-27(35)18-6-4-8-20(14-18)37-2)23(26(33)34)40-28(36)19-7-5-9-21(15-19)38-3/h4-15,22-23H,1-3H3,(H,29,31)(H,30,32)(H,33,34)/t22-,23-/m0/s1. The summed E-state index contributed by atoms with van der Waals surface area (Å²) in [6, 6.07) is 17.7. The van der Waals surface area contributed by atoms with Crippen LogP contribution in [0.4, 0.5) is 0 Å². The van der Waals surface area contributed by atoms with E-state index in [1.165, 1.54) is 62.8 Å². The van der Waals surface area contributed by atoms with Gasteiger partial charge in [0.05, 0.1) is 25.3 Å². The Hall–Kier alpha value is -5.39. The van der Waals surface area contributed by atoms with E-state index in [0.29, 0.717) is 11.5 Å². The number of benzene rings is 3. The number of carbonyl (C=O) groups is 5. The second kappa shape index (κ2) is 13.4. The van der Waals surface area contributed by atoms with Crippen LogP contribution in [0.2, 0.25) is 0 Å². The molecule has 208 valence electrons. The van der Waals surface area contributed by atoms with Crippen LogP contribution in [0.5, 0.6) is 11.5 Å². The number of aryl methyl sites for hydroxylation is 1. The number of esters is 2. The summed E-state index contributed by atoms with van der Waals surface area (Å²) in [5, 5.41) is 9.86. The van der Waals surface area contributed by atoms with Gasteiger partial charge >= 0.3 is 17.9 Å². The van der Waals surface area contributed by atoms with Crippen molar-refractivity contribution < 1.29 is 48.0 Å². The van der Waals surface area contributed by atoms with Crippen LogP contribution in [0.3, 0.4) is 0 Å². The topological polar surface area (TPSA) is 167 Å². The molecular formula is C28H26N2O10. The lowest BCUT2D eigenvalue weighted by Crippen LogP contribution is -2.54. The lowest BCUT2D eigenvalue weighted by molar-refractivity contribution is -0.159. The number of carboxylic acid groups (broad SMARTS) is 1. The summed E-state index contributed by atoms with van der Waals surface area (Å²) in [6.07, 6.45) is -4.52. The van der Waals surface area contributed by atoms with E-state index in [4.69, 9.17) is 18.9 Å². The maximum atomic E-state index is 13.1. The van der Waals surface area contributed by atoms with Gasteiger partial charge in [-0.1, -0.05) is 29.8 Å². The van der Waals surface area contributed by atoms with Crippen LogP contribution in [0.15, 0.2) is 72.8 Å². The van der Waals surface area contributed by atoms with Crippen molar-refractivity contribution in [3.8, 4) is 11.5 Å². The van der Waals surface area contributed by atoms with Crippen LogP contribution in [0, 0.1) is 6.92 Å². The maximum absolute atomic E-state index is 13.1. The monoisotopic (exact) mass is 550 g/mol. The van der Waals surface area contributed by atoms with E-state index in [0.717, 1.165) is 5.56 Å². The SMILES string of the molecule is COc1cccc(C(=O)O[C@H](C(=O)O)[C@H](OC(=O)c2cccc(OC)c2)C(=O)NNC(=O)c2ccc(C)cc2)c1. The van der Waals surface area contributed by atoms with Crippen molar-refractivity contribution in [3.63, 3.8) is 0 Å². The van der Waals surface area contributed by atoms with Gasteiger partial charge in [0.1, 0.15) is 11.5 Å². The lowest BCUT2D eigenvalue weighted by Gasteiger charge is -2.23. The first kappa shape index (κ1) is 29.2. The molecule has 0 aromatic heterocycles. The molecule has 40 heavy (non-hydrogen) atoms. The molecule has 3 aromatic rings. The van der Waals surface area contributed by atoms with E-state index >= 15 is 0 Å². The first-order valence-electron chi connectivity index (χ1n) is 11.7. The molecule has 3 aromatic carbocycles. The third-order valence-corrected chi connectivity index (χ3v) is 5.47. The average molecular weight is 551 g/mol. The van der Waals surface area contributed by atoms with Gasteiger partial charge in [0.15, 0.2) is 0 Å². The van der Waals surface area contributed by atoms with E-state index in [1.54, 1.807) is 24.3 Å². The summed E-state index contributed by atoms with van der Waals surface area (Å²) in [5.41, 5.74) is 5.07. The van der Waals surface area contributed by atoms with Crippen molar-refractivity contribution in [2.45, 2.75) is 19.1 Å². The quantitative estimate of drug-likeness (QED) is 0.252. The van der Waals surface area contributed by atoms with Gasteiger partial charge in [-0.05, 0) is 55.5 Å². The van der Waals surface area contributed by atoms with Gasteiger partial charge in [-0.25, -0.2) is 14.4 Å². The molecule has 2 atom stereocenters. The molecule has 0 saturated carbocycles. The molecule has 12 heteroatoms. The van der Waals surface area contributed by atoms with Gasteiger partial charge in [0.25, 0.3) is 11.8 Å². The van der Waals surface area contributed by atoms with Gasteiger partial charge in [-0.2, -0.15) is 0 Å². The van der Waals surface area contributed by atoms with Gasteiger partial charge in [-0.15, -0.1) is 0 Å². The Morgan fingerprint density at radius 3 is 1.65 bits per heavy atom. The summed E-state index contributed by atoms with van der Waals surface area (Å²) in [6.45, 7) is 1.82. The van der Waals surface area contributed by atoms with Crippen molar-refractivity contribution in [1.82, 2.24) is 10.9 Å². The highest BCUT2D eigenvalue weighted by molar-refractivity contribution is 5.99. The molecule has 12 nitrogen and oxygen atoms in total. The zero-order valence-corrected chi connectivity index (χ0v) is 21.7. The first-order chi connectivity index (χ1) is 19.1. The molecule has 0 aliphatic rings. The highest BCUT2D eigenvalue weighted by atomic mass is 16.6. The Morgan fingerprint density at radius 1 is 0.675 bits per heavy atom. The zero-order chi connectivity index (χ0) is 29.2. The van der Waals surface area contributed by atoms with Crippen molar-refractivity contribution in [2.75, 3.05) is 14.2 Å². The number of hydrogen-bond acceptors (Lipinski definition) is 9. The second-order valence-corrected chi connectivity index (χ2v) is 8.26. The van der Waals surface area contributed by atoms with E-state index < -0.39 is 41.9 Å². The Bertz CT molecular complexity index is 1400. The van der Waals surface area contributed by atoms with Crippen molar-refractivity contribution >= 4 is 29.7 Å². The molecule has 0 heterocycles. The van der Waals surface area contributed by atoms with E-state index in [1.807, 2.05) is 12.3 Å². The molecule has 0 radical (unpaired) electrons. The number of nitrogens with one attached hydrogen (secondary N) is 2. The summed E-state index contributed by atoms with van der Waals surface area (Å²) < 4.78 is 20.4. The minimum absolute atomic E-state index is 0.0795. The normalized spacial score (nSPS) is 11.8. The van der Waals surface area contributed by atoms with Gasteiger partial charge in [-0.3, -0.25) is 20.4 Å².